The summed E-state index contributed by atoms with van der Waals surface area (Å²) >= 11 is 0. The Balaban J connectivity index is 1.78. The second kappa shape index (κ2) is 12.1. The second-order valence-corrected chi connectivity index (χ2v) is 7.42. The van der Waals surface area contributed by atoms with Crippen LogP contribution in [0.15, 0.2) is 48.5 Å². The normalized spacial score (nSPS) is 11.7. The maximum Gasteiger partial charge on any atom is 0.338 e. The van der Waals surface area contributed by atoms with E-state index >= 15 is 0 Å². The standard InChI is InChI=1S/C25H32O4/c1-4-6-8-20-10-14-22(15-11-20)24(26)28-18-19(3)29-25(27)23-16-12-21(13-17-23)9-7-5-2/h10-17,19H,4-9,18H2,1-3H3. The first-order valence-electron chi connectivity index (χ1n) is 10.6. The van der Waals surface area contributed by atoms with Crippen LogP contribution in [0.1, 0.15) is 78.3 Å². The van der Waals surface area contributed by atoms with Gasteiger partial charge in [-0.25, -0.2) is 9.59 Å². The molecule has 0 aliphatic heterocycles. The zero-order valence-electron chi connectivity index (χ0n) is 17.8. The fourth-order valence-electron chi connectivity index (χ4n) is 2.94. The Morgan fingerprint density at radius 1 is 0.759 bits per heavy atom. The lowest BCUT2D eigenvalue weighted by Crippen LogP contribution is -2.22. The topological polar surface area (TPSA) is 52.6 Å². The molecule has 0 aromatic heterocycles. The van der Waals surface area contributed by atoms with Gasteiger partial charge in [0.15, 0.2) is 0 Å². The molecule has 2 rings (SSSR count). The second-order valence-electron chi connectivity index (χ2n) is 7.42. The maximum absolute atomic E-state index is 12.3. The summed E-state index contributed by atoms with van der Waals surface area (Å²) in [5, 5.41) is 0. The van der Waals surface area contributed by atoms with Gasteiger partial charge in [0.25, 0.3) is 0 Å². The summed E-state index contributed by atoms with van der Waals surface area (Å²) in [6, 6.07) is 15.0. The Morgan fingerprint density at radius 3 is 1.66 bits per heavy atom. The van der Waals surface area contributed by atoms with Crippen LogP contribution in [0.3, 0.4) is 0 Å². The van der Waals surface area contributed by atoms with Crippen molar-refractivity contribution in [3.05, 3.63) is 70.8 Å². The molecule has 0 amide bonds. The van der Waals surface area contributed by atoms with E-state index in [1.165, 1.54) is 11.1 Å². The first-order valence-corrected chi connectivity index (χ1v) is 10.6. The van der Waals surface area contributed by atoms with Crippen LogP contribution in [0.5, 0.6) is 0 Å². The van der Waals surface area contributed by atoms with Gasteiger partial charge in [-0.15, -0.1) is 0 Å². The fourth-order valence-corrected chi connectivity index (χ4v) is 2.94. The molecule has 0 spiro atoms. The van der Waals surface area contributed by atoms with Crippen molar-refractivity contribution < 1.29 is 19.1 Å². The van der Waals surface area contributed by atoms with E-state index in [4.69, 9.17) is 9.47 Å². The molecule has 0 radical (unpaired) electrons. The number of benzene rings is 2. The summed E-state index contributed by atoms with van der Waals surface area (Å²) in [7, 11) is 0. The Hall–Kier alpha value is -2.62. The molecule has 2 aromatic rings. The smallest absolute Gasteiger partial charge is 0.338 e. The Labute approximate surface area is 174 Å². The van der Waals surface area contributed by atoms with Gasteiger partial charge in [0.1, 0.15) is 12.7 Å². The van der Waals surface area contributed by atoms with Crippen molar-refractivity contribution >= 4 is 11.9 Å². The Bertz CT molecular complexity index is 762. The molecule has 2 aromatic carbocycles. The van der Waals surface area contributed by atoms with Gasteiger partial charge < -0.3 is 9.47 Å². The van der Waals surface area contributed by atoms with Crippen molar-refractivity contribution in [2.45, 2.75) is 65.4 Å². The first kappa shape index (κ1) is 22.7. The van der Waals surface area contributed by atoms with Gasteiger partial charge in [-0.2, -0.15) is 0 Å². The van der Waals surface area contributed by atoms with Crippen molar-refractivity contribution in [2.75, 3.05) is 6.61 Å². The molecule has 0 heterocycles. The van der Waals surface area contributed by atoms with E-state index < -0.39 is 18.0 Å². The summed E-state index contributed by atoms with van der Waals surface area (Å²) in [6.07, 6.45) is 6.06. The van der Waals surface area contributed by atoms with Gasteiger partial charge in [-0.3, -0.25) is 0 Å². The molecule has 156 valence electrons. The van der Waals surface area contributed by atoms with Gasteiger partial charge in [0.05, 0.1) is 11.1 Å². The first-order chi connectivity index (χ1) is 14.0. The number of carbonyl (C=O) groups is 2. The zero-order valence-corrected chi connectivity index (χ0v) is 17.8. The van der Waals surface area contributed by atoms with Crippen molar-refractivity contribution in [1.82, 2.24) is 0 Å². The number of esters is 2. The number of ether oxygens (including phenoxy) is 2. The molecule has 0 saturated heterocycles. The van der Waals surface area contributed by atoms with Crippen LogP contribution < -0.4 is 0 Å². The predicted molar refractivity (Wildman–Crippen MR) is 115 cm³/mol. The highest BCUT2D eigenvalue weighted by atomic mass is 16.6. The molecule has 0 bridgehead atoms. The summed E-state index contributed by atoms with van der Waals surface area (Å²) < 4.78 is 10.7. The average Bonchev–Trinajstić information content (AvgIpc) is 2.75. The number of carbonyl (C=O) groups excluding carboxylic acids is 2. The average molecular weight is 397 g/mol. The number of unbranched alkanes of at least 4 members (excludes halogenated alkanes) is 2. The molecule has 4 nitrogen and oxygen atoms in total. The molecule has 0 aliphatic carbocycles. The van der Waals surface area contributed by atoms with Gasteiger partial charge in [-0.1, -0.05) is 51.0 Å². The van der Waals surface area contributed by atoms with E-state index in [2.05, 4.69) is 13.8 Å². The van der Waals surface area contributed by atoms with Crippen LogP contribution >= 0.6 is 0 Å². The largest absolute Gasteiger partial charge is 0.458 e. The molecule has 0 saturated carbocycles. The minimum absolute atomic E-state index is 0.0245. The molecule has 0 aliphatic rings. The number of hydrogen-bond donors (Lipinski definition) is 0. The van der Waals surface area contributed by atoms with E-state index in [1.807, 2.05) is 24.3 Å². The van der Waals surface area contributed by atoms with E-state index in [0.29, 0.717) is 11.1 Å². The van der Waals surface area contributed by atoms with E-state index in [1.54, 1.807) is 31.2 Å². The highest BCUT2D eigenvalue weighted by molar-refractivity contribution is 5.90. The van der Waals surface area contributed by atoms with Crippen LogP contribution in [-0.2, 0) is 22.3 Å². The quantitative estimate of drug-likeness (QED) is 0.452. The van der Waals surface area contributed by atoms with E-state index in [-0.39, 0.29) is 6.61 Å². The molecular formula is C25H32O4. The molecule has 4 heteroatoms. The maximum atomic E-state index is 12.3. The molecule has 0 fully saturated rings. The number of aryl methyl sites for hydroxylation is 2. The fraction of sp³-hybridized carbons (Fsp3) is 0.440. The summed E-state index contributed by atoms with van der Waals surface area (Å²) in [5.41, 5.74) is 3.44. The van der Waals surface area contributed by atoms with Crippen molar-refractivity contribution in [1.29, 1.82) is 0 Å². The lowest BCUT2D eigenvalue weighted by molar-refractivity contribution is 0.00448. The van der Waals surface area contributed by atoms with Gasteiger partial charge >= 0.3 is 11.9 Å². The lowest BCUT2D eigenvalue weighted by Gasteiger charge is -2.14. The zero-order chi connectivity index (χ0) is 21.1. The van der Waals surface area contributed by atoms with Crippen LogP contribution in [0.25, 0.3) is 0 Å². The van der Waals surface area contributed by atoms with E-state index in [0.717, 1.165) is 38.5 Å². The molecular weight excluding hydrogens is 364 g/mol. The van der Waals surface area contributed by atoms with Crippen LogP contribution in [-0.4, -0.2) is 24.6 Å². The Kier molecular flexibility index (Phi) is 9.42. The number of hydrogen-bond acceptors (Lipinski definition) is 4. The summed E-state index contributed by atoms with van der Waals surface area (Å²) in [5.74, 6) is -0.814. The summed E-state index contributed by atoms with van der Waals surface area (Å²) in [4.78, 5) is 24.4. The molecule has 1 unspecified atom stereocenters. The lowest BCUT2D eigenvalue weighted by atomic mass is 10.1. The molecule has 29 heavy (non-hydrogen) atoms. The highest BCUT2D eigenvalue weighted by Gasteiger charge is 2.15. The third kappa shape index (κ3) is 7.72. The van der Waals surface area contributed by atoms with Crippen LogP contribution in [0.2, 0.25) is 0 Å². The van der Waals surface area contributed by atoms with Crippen LogP contribution in [0, 0.1) is 0 Å². The van der Waals surface area contributed by atoms with Crippen molar-refractivity contribution in [2.24, 2.45) is 0 Å². The van der Waals surface area contributed by atoms with Crippen molar-refractivity contribution in [3.63, 3.8) is 0 Å². The molecule has 0 N–H and O–H groups in total. The van der Waals surface area contributed by atoms with Gasteiger partial charge in [0, 0.05) is 0 Å². The third-order valence-electron chi connectivity index (χ3n) is 4.77. The Morgan fingerprint density at radius 2 is 1.21 bits per heavy atom. The third-order valence-corrected chi connectivity index (χ3v) is 4.77. The van der Waals surface area contributed by atoms with Gasteiger partial charge in [0.2, 0.25) is 0 Å². The highest BCUT2D eigenvalue weighted by Crippen LogP contribution is 2.12. The van der Waals surface area contributed by atoms with Crippen LogP contribution in [0.4, 0.5) is 0 Å². The number of rotatable bonds is 11. The summed E-state index contributed by atoms with van der Waals surface area (Å²) in [6.45, 7) is 6.05. The minimum Gasteiger partial charge on any atom is -0.458 e. The monoisotopic (exact) mass is 396 g/mol. The molecule has 1 atom stereocenters. The predicted octanol–water partition coefficient (Wildman–Crippen LogP) is 5.77. The SMILES string of the molecule is CCCCc1ccc(C(=O)OCC(C)OC(=O)c2ccc(CCCC)cc2)cc1. The van der Waals surface area contributed by atoms with Crippen molar-refractivity contribution in [3.8, 4) is 0 Å². The minimum atomic E-state index is -0.518. The van der Waals surface area contributed by atoms with Gasteiger partial charge in [-0.05, 0) is 68.0 Å². The van der Waals surface area contributed by atoms with E-state index in [9.17, 15) is 9.59 Å².